The normalized spacial score (nSPS) is 18.0. The molecule has 0 N–H and O–H groups in total. The molecule has 28 heavy (non-hydrogen) atoms. The minimum atomic E-state index is -0.0882. The smallest absolute Gasteiger partial charge is 0.121 e. The van der Waals surface area contributed by atoms with E-state index in [2.05, 4.69) is 43.6 Å². The highest BCUT2D eigenvalue weighted by molar-refractivity contribution is 5.65. The number of nitrogens with zero attached hydrogens (tertiary/aromatic N) is 7. The molecule has 4 aromatic rings. The lowest BCUT2D eigenvalue weighted by atomic mass is 10.1. The summed E-state index contributed by atoms with van der Waals surface area (Å²) in [7, 11) is 1.94. The number of fused-ring (bicyclic) bond motifs is 1. The summed E-state index contributed by atoms with van der Waals surface area (Å²) in [5, 5.41) is 13.0. The fourth-order valence-electron chi connectivity index (χ4n) is 3.68. The van der Waals surface area contributed by atoms with Gasteiger partial charge in [-0.3, -0.25) is 14.6 Å². The van der Waals surface area contributed by atoms with Crippen LogP contribution < -0.4 is 0 Å². The van der Waals surface area contributed by atoms with E-state index in [9.17, 15) is 0 Å². The van der Waals surface area contributed by atoms with Crippen LogP contribution in [-0.4, -0.2) is 54.2 Å². The highest BCUT2D eigenvalue weighted by Gasteiger charge is 2.26. The summed E-state index contributed by atoms with van der Waals surface area (Å²) in [5.74, 6) is 0. The van der Waals surface area contributed by atoms with Crippen LogP contribution in [0.3, 0.4) is 0 Å². The Morgan fingerprint density at radius 3 is 2.82 bits per heavy atom. The molecule has 5 heterocycles. The van der Waals surface area contributed by atoms with Crippen molar-refractivity contribution >= 4 is 5.52 Å². The van der Waals surface area contributed by atoms with Gasteiger partial charge in [-0.15, -0.1) is 5.10 Å². The molecule has 1 aliphatic rings. The Bertz CT molecular complexity index is 1090. The van der Waals surface area contributed by atoms with E-state index in [-0.39, 0.29) is 6.10 Å². The number of rotatable bonds is 4. The maximum absolute atomic E-state index is 6.03. The van der Waals surface area contributed by atoms with E-state index in [1.54, 1.807) is 12.4 Å². The average molecular weight is 375 g/mol. The van der Waals surface area contributed by atoms with Gasteiger partial charge in [0.2, 0.25) is 0 Å². The summed E-state index contributed by atoms with van der Waals surface area (Å²) >= 11 is 0. The van der Waals surface area contributed by atoms with Gasteiger partial charge >= 0.3 is 0 Å². The van der Waals surface area contributed by atoms with Gasteiger partial charge in [0.25, 0.3) is 0 Å². The summed E-state index contributed by atoms with van der Waals surface area (Å²) in [6.07, 6.45) is 9.46. The van der Waals surface area contributed by atoms with Crippen molar-refractivity contribution in [3.05, 3.63) is 66.5 Å². The molecule has 0 spiro atoms. The Hall–Kier alpha value is -3.10. The molecule has 8 heteroatoms. The Balaban J connectivity index is 1.38. The standard InChI is InChI=1S/C20H21N7O/c1-25-11-15(10-22-25)12-26-8-9-28-19(14-26)20-18-3-2-17(13-27(18)24-23-20)16-4-6-21-7-5-16/h2-7,10-11,13,19H,8-9,12,14H2,1H3/t19-/m0/s1. The third-order valence-corrected chi connectivity index (χ3v) is 5.07. The van der Waals surface area contributed by atoms with E-state index in [0.29, 0.717) is 6.61 Å². The Morgan fingerprint density at radius 1 is 1.11 bits per heavy atom. The number of hydrogen-bond donors (Lipinski definition) is 0. The second-order valence-corrected chi connectivity index (χ2v) is 7.07. The topological polar surface area (TPSA) is 73.4 Å². The second kappa shape index (κ2) is 7.14. The van der Waals surface area contributed by atoms with Crippen LogP contribution in [-0.2, 0) is 18.3 Å². The summed E-state index contributed by atoms with van der Waals surface area (Å²) in [4.78, 5) is 6.45. The van der Waals surface area contributed by atoms with Gasteiger partial charge in [0, 0.05) is 62.6 Å². The average Bonchev–Trinajstić information content (AvgIpc) is 3.34. The van der Waals surface area contributed by atoms with Gasteiger partial charge in [0.15, 0.2) is 0 Å². The maximum atomic E-state index is 6.03. The van der Waals surface area contributed by atoms with E-state index < -0.39 is 0 Å². The molecule has 0 saturated carbocycles. The third-order valence-electron chi connectivity index (χ3n) is 5.07. The third kappa shape index (κ3) is 3.28. The Labute approximate surface area is 162 Å². The quantitative estimate of drug-likeness (QED) is 0.544. The molecule has 0 bridgehead atoms. The molecule has 0 radical (unpaired) electrons. The van der Waals surface area contributed by atoms with Gasteiger partial charge < -0.3 is 4.74 Å². The van der Waals surface area contributed by atoms with Crippen LogP contribution in [0.1, 0.15) is 17.4 Å². The van der Waals surface area contributed by atoms with Gasteiger partial charge in [-0.25, -0.2) is 4.52 Å². The fraction of sp³-hybridized carbons (Fsp3) is 0.300. The van der Waals surface area contributed by atoms with Crippen molar-refractivity contribution in [2.45, 2.75) is 12.6 Å². The highest BCUT2D eigenvalue weighted by Crippen LogP contribution is 2.27. The minimum Gasteiger partial charge on any atom is -0.369 e. The first-order chi connectivity index (χ1) is 13.8. The number of pyridine rings is 2. The molecule has 142 valence electrons. The van der Waals surface area contributed by atoms with Crippen molar-refractivity contribution in [3.8, 4) is 11.1 Å². The van der Waals surface area contributed by atoms with Crippen molar-refractivity contribution in [2.24, 2.45) is 7.05 Å². The van der Waals surface area contributed by atoms with Crippen LogP contribution in [0.4, 0.5) is 0 Å². The first kappa shape index (κ1) is 17.0. The van der Waals surface area contributed by atoms with Crippen LogP contribution in [0.5, 0.6) is 0 Å². The van der Waals surface area contributed by atoms with Gasteiger partial charge in [-0.1, -0.05) is 11.3 Å². The second-order valence-electron chi connectivity index (χ2n) is 7.07. The lowest BCUT2D eigenvalue weighted by molar-refractivity contribution is -0.0343. The minimum absolute atomic E-state index is 0.0882. The zero-order valence-electron chi connectivity index (χ0n) is 15.6. The predicted octanol–water partition coefficient (Wildman–Crippen LogP) is 2.10. The van der Waals surface area contributed by atoms with Gasteiger partial charge in [0.1, 0.15) is 11.8 Å². The summed E-state index contributed by atoms with van der Waals surface area (Å²) in [6, 6.07) is 8.13. The van der Waals surface area contributed by atoms with Crippen molar-refractivity contribution in [1.82, 2.24) is 34.5 Å². The monoisotopic (exact) mass is 375 g/mol. The van der Waals surface area contributed by atoms with E-state index in [1.807, 2.05) is 40.8 Å². The number of hydrogen-bond acceptors (Lipinski definition) is 6. The summed E-state index contributed by atoms with van der Waals surface area (Å²) in [5.41, 5.74) is 5.25. The molecule has 1 fully saturated rings. The van der Waals surface area contributed by atoms with Crippen LogP contribution >= 0.6 is 0 Å². The fourth-order valence-corrected chi connectivity index (χ4v) is 3.68. The molecular weight excluding hydrogens is 354 g/mol. The molecule has 0 aliphatic carbocycles. The van der Waals surface area contributed by atoms with Crippen molar-refractivity contribution in [1.29, 1.82) is 0 Å². The first-order valence-electron chi connectivity index (χ1n) is 9.33. The summed E-state index contributed by atoms with van der Waals surface area (Å²) < 4.78 is 9.69. The summed E-state index contributed by atoms with van der Waals surface area (Å²) in [6.45, 7) is 3.23. The van der Waals surface area contributed by atoms with Crippen LogP contribution in [0.25, 0.3) is 16.6 Å². The molecule has 1 aliphatic heterocycles. The lowest BCUT2D eigenvalue weighted by Crippen LogP contribution is -2.38. The zero-order valence-corrected chi connectivity index (χ0v) is 15.6. The van der Waals surface area contributed by atoms with Crippen LogP contribution in [0, 0.1) is 0 Å². The number of morpholine rings is 1. The van der Waals surface area contributed by atoms with E-state index in [4.69, 9.17) is 4.74 Å². The lowest BCUT2D eigenvalue weighted by Gasteiger charge is -2.31. The predicted molar refractivity (Wildman–Crippen MR) is 103 cm³/mol. The molecule has 4 aromatic heterocycles. The van der Waals surface area contributed by atoms with Gasteiger partial charge in [-0.2, -0.15) is 5.10 Å². The zero-order chi connectivity index (χ0) is 18.9. The molecule has 0 amide bonds. The molecule has 1 atom stereocenters. The number of aromatic nitrogens is 6. The van der Waals surface area contributed by atoms with Gasteiger partial charge in [0.05, 0.1) is 18.3 Å². The van der Waals surface area contributed by atoms with Crippen molar-refractivity contribution in [3.63, 3.8) is 0 Å². The number of ether oxygens (including phenoxy) is 1. The van der Waals surface area contributed by atoms with E-state index >= 15 is 0 Å². The molecule has 5 rings (SSSR count). The first-order valence-corrected chi connectivity index (χ1v) is 9.33. The van der Waals surface area contributed by atoms with Crippen molar-refractivity contribution in [2.75, 3.05) is 19.7 Å². The molecule has 0 aromatic carbocycles. The van der Waals surface area contributed by atoms with Crippen molar-refractivity contribution < 1.29 is 4.74 Å². The molecule has 1 saturated heterocycles. The van der Waals surface area contributed by atoms with Crippen LogP contribution in [0.15, 0.2) is 55.2 Å². The number of aryl methyl sites for hydroxylation is 1. The SMILES string of the molecule is Cn1cc(CN2CCO[C@H](c3nnn4cc(-c5ccncc5)ccc34)C2)cn1. The van der Waals surface area contributed by atoms with Gasteiger partial charge in [-0.05, 0) is 23.8 Å². The largest absolute Gasteiger partial charge is 0.369 e. The Kier molecular flexibility index (Phi) is 4.34. The molecule has 0 unspecified atom stereocenters. The Morgan fingerprint density at radius 2 is 2.00 bits per heavy atom. The van der Waals surface area contributed by atoms with E-state index in [0.717, 1.165) is 42.0 Å². The molecular formula is C20H21N7O. The van der Waals surface area contributed by atoms with E-state index in [1.165, 1.54) is 5.56 Å². The maximum Gasteiger partial charge on any atom is 0.121 e. The highest BCUT2D eigenvalue weighted by atomic mass is 16.5. The molecule has 8 nitrogen and oxygen atoms in total. The van der Waals surface area contributed by atoms with Crippen LogP contribution in [0.2, 0.25) is 0 Å².